The van der Waals surface area contributed by atoms with Crippen LogP contribution in [0.25, 0.3) is 0 Å². The average molecular weight is 241 g/mol. The highest BCUT2D eigenvalue weighted by Crippen LogP contribution is 2.52. The van der Waals surface area contributed by atoms with Gasteiger partial charge in [0.15, 0.2) is 0 Å². The van der Waals surface area contributed by atoms with Crippen molar-refractivity contribution in [2.24, 2.45) is 17.3 Å². The smallest absolute Gasteiger partial charge is 0.326 e. The third-order valence-corrected chi connectivity index (χ3v) is 3.66. The van der Waals surface area contributed by atoms with Gasteiger partial charge in [-0.15, -0.1) is 0 Å². The fraction of sp³-hybridized carbons (Fsp3) is 0.846. The minimum Gasteiger partial charge on any atom is -0.480 e. The SMILES string of the molecule is CC(C)C[C@@H](NC(=O)C1(C(C)C)CC1)C(=O)O. The first-order valence-corrected chi connectivity index (χ1v) is 6.33. The first-order valence-electron chi connectivity index (χ1n) is 6.33. The molecule has 0 radical (unpaired) electrons. The largest absolute Gasteiger partial charge is 0.480 e. The predicted molar refractivity (Wildman–Crippen MR) is 65.5 cm³/mol. The highest BCUT2D eigenvalue weighted by atomic mass is 16.4. The number of carboxylic acid groups (broad SMARTS) is 1. The van der Waals surface area contributed by atoms with E-state index < -0.39 is 12.0 Å². The maximum absolute atomic E-state index is 12.1. The number of rotatable bonds is 6. The normalized spacial score (nSPS) is 19.2. The summed E-state index contributed by atoms with van der Waals surface area (Å²) in [7, 11) is 0. The molecule has 1 atom stereocenters. The number of hydrogen-bond donors (Lipinski definition) is 2. The molecule has 2 N–H and O–H groups in total. The molecule has 98 valence electrons. The summed E-state index contributed by atoms with van der Waals surface area (Å²) in [6.45, 7) is 7.95. The summed E-state index contributed by atoms with van der Waals surface area (Å²) in [6, 6.07) is -0.751. The molecule has 17 heavy (non-hydrogen) atoms. The van der Waals surface area contributed by atoms with E-state index in [1.807, 2.05) is 27.7 Å². The Morgan fingerprint density at radius 3 is 2.06 bits per heavy atom. The molecule has 0 heterocycles. The number of carbonyl (C=O) groups excluding carboxylic acids is 1. The average Bonchev–Trinajstić information content (AvgIpc) is 2.95. The molecule has 1 saturated carbocycles. The molecule has 1 amide bonds. The van der Waals surface area contributed by atoms with E-state index in [9.17, 15) is 9.59 Å². The van der Waals surface area contributed by atoms with Crippen LogP contribution in [0, 0.1) is 17.3 Å². The Morgan fingerprint density at radius 2 is 1.76 bits per heavy atom. The minimum absolute atomic E-state index is 0.0828. The molecule has 0 bridgehead atoms. The van der Waals surface area contributed by atoms with E-state index in [0.717, 1.165) is 12.8 Å². The molecule has 1 aliphatic carbocycles. The van der Waals surface area contributed by atoms with Crippen molar-refractivity contribution in [3.8, 4) is 0 Å². The molecule has 4 heteroatoms. The lowest BCUT2D eigenvalue weighted by Crippen LogP contribution is -2.46. The Morgan fingerprint density at radius 1 is 1.24 bits per heavy atom. The maximum atomic E-state index is 12.1. The lowest BCUT2D eigenvalue weighted by atomic mass is 9.91. The van der Waals surface area contributed by atoms with Crippen LogP contribution in [-0.2, 0) is 9.59 Å². The van der Waals surface area contributed by atoms with Crippen LogP contribution >= 0.6 is 0 Å². The second kappa shape index (κ2) is 5.07. The summed E-state index contributed by atoms with van der Waals surface area (Å²) in [6.07, 6.45) is 2.24. The Balaban J connectivity index is 2.62. The number of carbonyl (C=O) groups is 2. The van der Waals surface area contributed by atoms with Crippen molar-refractivity contribution in [2.45, 2.75) is 53.0 Å². The zero-order chi connectivity index (χ0) is 13.2. The number of nitrogens with one attached hydrogen (secondary N) is 1. The van der Waals surface area contributed by atoms with Crippen LogP contribution in [0.1, 0.15) is 47.0 Å². The Labute approximate surface area is 103 Å². The van der Waals surface area contributed by atoms with Crippen molar-refractivity contribution in [3.63, 3.8) is 0 Å². The zero-order valence-corrected chi connectivity index (χ0v) is 11.1. The molecule has 1 aliphatic rings. The molecule has 1 fully saturated rings. The summed E-state index contributed by atoms with van der Waals surface area (Å²) in [5.41, 5.74) is -0.301. The quantitative estimate of drug-likeness (QED) is 0.747. The second-order valence-electron chi connectivity index (χ2n) is 5.80. The monoisotopic (exact) mass is 241 g/mol. The van der Waals surface area contributed by atoms with Gasteiger partial charge in [0.05, 0.1) is 5.41 Å². The van der Waals surface area contributed by atoms with Gasteiger partial charge >= 0.3 is 5.97 Å². The lowest BCUT2D eigenvalue weighted by molar-refractivity contribution is -0.143. The van der Waals surface area contributed by atoms with Crippen LogP contribution in [0.4, 0.5) is 0 Å². The molecule has 0 spiro atoms. The maximum Gasteiger partial charge on any atom is 0.326 e. The van der Waals surface area contributed by atoms with E-state index in [4.69, 9.17) is 5.11 Å². The van der Waals surface area contributed by atoms with Crippen molar-refractivity contribution in [1.29, 1.82) is 0 Å². The molecule has 4 nitrogen and oxygen atoms in total. The number of aliphatic carboxylic acids is 1. The van der Waals surface area contributed by atoms with E-state index in [1.165, 1.54) is 0 Å². The van der Waals surface area contributed by atoms with Crippen molar-refractivity contribution < 1.29 is 14.7 Å². The molecule has 0 unspecified atom stereocenters. The minimum atomic E-state index is -0.938. The van der Waals surface area contributed by atoms with E-state index >= 15 is 0 Å². The molecular weight excluding hydrogens is 218 g/mol. The summed E-state index contributed by atoms with van der Waals surface area (Å²) >= 11 is 0. The van der Waals surface area contributed by atoms with Crippen LogP contribution in [0.5, 0.6) is 0 Å². The van der Waals surface area contributed by atoms with Gasteiger partial charge < -0.3 is 10.4 Å². The topological polar surface area (TPSA) is 66.4 Å². The van der Waals surface area contributed by atoms with Crippen molar-refractivity contribution >= 4 is 11.9 Å². The van der Waals surface area contributed by atoms with Crippen LogP contribution in [-0.4, -0.2) is 23.0 Å². The summed E-state index contributed by atoms with van der Waals surface area (Å²) < 4.78 is 0. The van der Waals surface area contributed by atoms with Gasteiger partial charge in [-0.05, 0) is 31.1 Å². The van der Waals surface area contributed by atoms with Gasteiger partial charge in [-0.25, -0.2) is 4.79 Å². The van der Waals surface area contributed by atoms with Gasteiger partial charge in [-0.3, -0.25) is 4.79 Å². The van der Waals surface area contributed by atoms with Crippen LogP contribution in [0.2, 0.25) is 0 Å². The van der Waals surface area contributed by atoms with Crippen molar-refractivity contribution in [3.05, 3.63) is 0 Å². The van der Waals surface area contributed by atoms with E-state index in [0.29, 0.717) is 6.42 Å². The predicted octanol–water partition coefficient (Wildman–Crippen LogP) is 2.04. The first kappa shape index (κ1) is 14.0. The van der Waals surface area contributed by atoms with Gasteiger partial charge in [0, 0.05) is 0 Å². The summed E-state index contributed by atoms with van der Waals surface area (Å²) in [5, 5.41) is 11.8. The lowest BCUT2D eigenvalue weighted by Gasteiger charge is -2.23. The fourth-order valence-corrected chi connectivity index (χ4v) is 2.20. The highest BCUT2D eigenvalue weighted by molar-refractivity contribution is 5.89. The molecular formula is C13H23NO3. The molecule has 0 aromatic carbocycles. The van der Waals surface area contributed by atoms with Crippen LogP contribution < -0.4 is 5.32 Å². The molecule has 0 saturated heterocycles. The molecule has 0 aliphatic heterocycles. The molecule has 1 rings (SSSR count). The summed E-state index contributed by atoms with van der Waals surface area (Å²) in [4.78, 5) is 23.2. The van der Waals surface area contributed by atoms with Gasteiger partial charge in [-0.1, -0.05) is 27.7 Å². The van der Waals surface area contributed by atoms with Gasteiger partial charge in [0.25, 0.3) is 0 Å². The number of hydrogen-bond acceptors (Lipinski definition) is 2. The van der Waals surface area contributed by atoms with Crippen molar-refractivity contribution in [2.75, 3.05) is 0 Å². The third-order valence-electron chi connectivity index (χ3n) is 3.66. The van der Waals surface area contributed by atoms with E-state index in [1.54, 1.807) is 0 Å². The van der Waals surface area contributed by atoms with Gasteiger partial charge in [0.1, 0.15) is 6.04 Å². The molecule has 0 aromatic rings. The number of amides is 1. The van der Waals surface area contributed by atoms with Crippen molar-refractivity contribution in [1.82, 2.24) is 5.32 Å². The van der Waals surface area contributed by atoms with Crippen LogP contribution in [0.15, 0.2) is 0 Å². The number of carboxylic acids is 1. The third kappa shape index (κ3) is 3.20. The fourth-order valence-electron chi connectivity index (χ4n) is 2.20. The zero-order valence-electron chi connectivity index (χ0n) is 11.1. The van der Waals surface area contributed by atoms with Gasteiger partial charge in [0.2, 0.25) is 5.91 Å². The van der Waals surface area contributed by atoms with E-state index in [2.05, 4.69) is 5.32 Å². The van der Waals surface area contributed by atoms with Crippen LogP contribution in [0.3, 0.4) is 0 Å². The molecule has 0 aromatic heterocycles. The van der Waals surface area contributed by atoms with Gasteiger partial charge in [-0.2, -0.15) is 0 Å². The first-order chi connectivity index (χ1) is 7.79. The standard InChI is InChI=1S/C13H23NO3/c1-8(2)7-10(11(15)16)14-12(17)13(5-6-13)9(3)4/h8-10H,5-7H2,1-4H3,(H,14,17)(H,15,16)/t10-/m1/s1. The second-order valence-corrected chi connectivity index (χ2v) is 5.80. The Hall–Kier alpha value is -1.06. The van der Waals surface area contributed by atoms with E-state index in [-0.39, 0.29) is 23.2 Å². The Kier molecular flexibility index (Phi) is 4.17. The highest BCUT2D eigenvalue weighted by Gasteiger charge is 2.52. The summed E-state index contributed by atoms with van der Waals surface area (Å²) in [5.74, 6) is -0.492. The Bertz CT molecular complexity index is 306.